The van der Waals surface area contributed by atoms with Crippen LogP contribution in [0.5, 0.6) is 0 Å². The van der Waals surface area contributed by atoms with Crippen LogP contribution >= 0.6 is 0 Å². The van der Waals surface area contributed by atoms with Crippen molar-refractivity contribution in [2.45, 2.75) is 65.3 Å². The molecular formula is C18H32N2. The van der Waals surface area contributed by atoms with Crippen molar-refractivity contribution in [1.82, 2.24) is 4.90 Å². The van der Waals surface area contributed by atoms with Gasteiger partial charge in [-0.2, -0.15) is 0 Å². The molecule has 0 aliphatic rings. The number of hydrogen-bond acceptors (Lipinski definition) is 2. The molecule has 0 aliphatic heterocycles. The molecule has 2 nitrogen and oxygen atoms in total. The molecule has 0 radical (unpaired) electrons. The van der Waals surface area contributed by atoms with Gasteiger partial charge in [0.1, 0.15) is 0 Å². The van der Waals surface area contributed by atoms with Gasteiger partial charge in [0.05, 0.1) is 0 Å². The van der Waals surface area contributed by atoms with E-state index in [-0.39, 0.29) is 0 Å². The molecule has 0 bridgehead atoms. The van der Waals surface area contributed by atoms with Crippen LogP contribution in [0.15, 0.2) is 24.3 Å². The number of hydrogen-bond donors (Lipinski definition) is 1. The third-order valence-electron chi connectivity index (χ3n) is 3.75. The molecule has 0 spiro atoms. The number of nitrogens with zero attached hydrogens (tertiary/aromatic N) is 1. The van der Waals surface area contributed by atoms with Crippen molar-refractivity contribution in [2.75, 3.05) is 18.8 Å². The first-order valence-corrected chi connectivity index (χ1v) is 8.33. The Morgan fingerprint density at radius 1 is 0.800 bits per heavy atom. The summed E-state index contributed by atoms with van der Waals surface area (Å²) in [6, 6.07) is 8.31. The van der Waals surface area contributed by atoms with E-state index in [0.717, 1.165) is 12.2 Å². The molecule has 1 rings (SSSR count). The van der Waals surface area contributed by atoms with E-state index in [4.69, 9.17) is 5.73 Å². The van der Waals surface area contributed by atoms with Gasteiger partial charge >= 0.3 is 0 Å². The number of nitrogens with two attached hydrogens (primary N) is 1. The second-order valence-electron chi connectivity index (χ2n) is 5.79. The fourth-order valence-corrected chi connectivity index (χ4v) is 2.58. The van der Waals surface area contributed by atoms with Crippen molar-refractivity contribution in [2.24, 2.45) is 0 Å². The van der Waals surface area contributed by atoms with Crippen LogP contribution in [-0.2, 0) is 6.54 Å². The number of rotatable bonds is 11. The number of nitrogen functional groups attached to an aromatic ring is 1. The second kappa shape index (κ2) is 10.7. The molecule has 114 valence electrons. The largest absolute Gasteiger partial charge is 0.399 e. The van der Waals surface area contributed by atoms with Gasteiger partial charge in [-0.05, 0) is 43.6 Å². The van der Waals surface area contributed by atoms with Crippen LogP contribution in [0.3, 0.4) is 0 Å². The molecule has 0 aliphatic carbocycles. The third-order valence-corrected chi connectivity index (χ3v) is 3.75. The van der Waals surface area contributed by atoms with Gasteiger partial charge in [0.2, 0.25) is 0 Å². The zero-order chi connectivity index (χ0) is 14.6. The predicted octanol–water partition coefficient (Wildman–Crippen LogP) is 4.84. The Hall–Kier alpha value is -1.02. The Labute approximate surface area is 125 Å². The zero-order valence-corrected chi connectivity index (χ0v) is 13.4. The van der Waals surface area contributed by atoms with Crippen molar-refractivity contribution in [3.8, 4) is 0 Å². The van der Waals surface area contributed by atoms with E-state index in [2.05, 4.69) is 30.9 Å². The van der Waals surface area contributed by atoms with Gasteiger partial charge in [0.15, 0.2) is 0 Å². The van der Waals surface area contributed by atoms with Crippen LogP contribution in [0.25, 0.3) is 0 Å². The maximum Gasteiger partial charge on any atom is 0.0314 e. The molecule has 0 saturated carbocycles. The highest BCUT2D eigenvalue weighted by Gasteiger charge is 2.04. The summed E-state index contributed by atoms with van der Waals surface area (Å²) in [6.07, 6.45) is 9.46. The normalized spacial score (nSPS) is 11.2. The highest BCUT2D eigenvalue weighted by molar-refractivity contribution is 5.39. The standard InChI is InChI=1S/C18H32N2/c1-3-5-6-7-8-9-15-20(14-4-2)16-17-10-12-18(19)13-11-17/h10-13H,3-9,14-16,19H2,1-2H3. The predicted molar refractivity (Wildman–Crippen MR) is 89.8 cm³/mol. The van der Waals surface area contributed by atoms with E-state index in [1.54, 1.807) is 0 Å². The minimum atomic E-state index is 0.853. The van der Waals surface area contributed by atoms with Crippen LogP contribution in [-0.4, -0.2) is 18.0 Å². The topological polar surface area (TPSA) is 29.3 Å². The summed E-state index contributed by atoms with van der Waals surface area (Å²) in [7, 11) is 0. The number of benzene rings is 1. The third kappa shape index (κ3) is 7.54. The molecule has 0 aromatic heterocycles. The minimum Gasteiger partial charge on any atom is -0.399 e. The molecule has 0 atom stereocenters. The van der Waals surface area contributed by atoms with Crippen molar-refractivity contribution < 1.29 is 0 Å². The number of anilines is 1. The van der Waals surface area contributed by atoms with E-state index in [0.29, 0.717) is 0 Å². The van der Waals surface area contributed by atoms with E-state index < -0.39 is 0 Å². The maximum absolute atomic E-state index is 5.74. The first-order chi connectivity index (χ1) is 9.76. The molecule has 20 heavy (non-hydrogen) atoms. The fourth-order valence-electron chi connectivity index (χ4n) is 2.58. The van der Waals surface area contributed by atoms with Crippen LogP contribution < -0.4 is 5.73 Å². The van der Waals surface area contributed by atoms with Gasteiger partial charge in [-0.15, -0.1) is 0 Å². The molecule has 1 aromatic rings. The maximum atomic E-state index is 5.74. The van der Waals surface area contributed by atoms with Crippen molar-refractivity contribution in [3.63, 3.8) is 0 Å². The van der Waals surface area contributed by atoms with E-state index in [1.807, 2.05) is 12.1 Å². The van der Waals surface area contributed by atoms with Crippen LogP contribution in [0.1, 0.15) is 64.4 Å². The fraction of sp³-hybridized carbons (Fsp3) is 0.667. The average molecular weight is 276 g/mol. The van der Waals surface area contributed by atoms with Gasteiger partial charge in [0.25, 0.3) is 0 Å². The monoisotopic (exact) mass is 276 g/mol. The molecule has 2 heteroatoms. The van der Waals surface area contributed by atoms with Crippen molar-refractivity contribution >= 4 is 5.69 Å². The molecule has 0 fully saturated rings. The molecule has 2 N–H and O–H groups in total. The lowest BCUT2D eigenvalue weighted by Gasteiger charge is -2.21. The summed E-state index contributed by atoms with van der Waals surface area (Å²) >= 11 is 0. The van der Waals surface area contributed by atoms with Crippen molar-refractivity contribution in [1.29, 1.82) is 0 Å². The highest BCUT2D eigenvalue weighted by Crippen LogP contribution is 2.11. The lowest BCUT2D eigenvalue weighted by molar-refractivity contribution is 0.259. The summed E-state index contributed by atoms with van der Waals surface area (Å²) in [4.78, 5) is 2.57. The van der Waals surface area contributed by atoms with Gasteiger partial charge < -0.3 is 5.73 Å². The smallest absolute Gasteiger partial charge is 0.0314 e. The van der Waals surface area contributed by atoms with E-state index >= 15 is 0 Å². The SMILES string of the molecule is CCCCCCCCN(CCC)Cc1ccc(N)cc1. The lowest BCUT2D eigenvalue weighted by Crippen LogP contribution is -2.25. The van der Waals surface area contributed by atoms with Crippen molar-refractivity contribution in [3.05, 3.63) is 29.8 Å². The molecule has 0 unspecified atom stereocenters. The minimum absolute atomic E-state index is 0.853. The van der Waals surface area contributed by atoms with Crippen LogP contribution in [0.2, 0.25) is 0 Å². The average Bonchev–Trinajstić information content (AvgIpc) is 2.45. The van der Waals surface area contributed by atoms with Gasteiger partial charge in [0, 0.05) is 12.2 Å². The molecular weight excluding hydrogens is 244 g/mol. The molecule has 0 heterocycles. The summed E-state index contributed by atoms with van der Waals surface area (Å²) < 4.78 is 0. The summed E-state index contributed by atoms with van der Waals surface area (Å²) in [5.74, 6) is 0. The Balaban J connectivity index is 2.27. The highest BCUT2D eigenvalue weighted by atomic mass is 15.1. The van der Waals surface area contributed by atoms with Gasteiger partial charge in [-0.25, -0.2) is 0 Å². The second-order valence-corrected chi connectivity index (χ2v) is 5.79. The summed E-state index contributed by atoms with van der Waals surface area (Å²) in [5.41, 5.74) is 7.97. The molecule has 0 amide bonds. The first kappa shape index (κ1) is 17.0. The lowest BCUT2D eigenvalue weighted by atomic mass is 10.1. The van der Waals surface area contributed by atoms with Crippen LogP contribution in [0.4, 0.5) is 5.69 Å². The van der Waals surface area contributed by atoms with Crippen LogP contribution in [0, 0.1) is 0 Å². The van der Waals surface area contributed by atoms with Gasteiger partial charge in [-0.3, -0.25) is 4.90 Å². The van der Waals surface area contributed by atoms with E-state index in [9.17, 15) is 0 Å². The van der Waals surface area contributed by atoms with Gasteiger partial charge in [-0.1, -0.05) is 58.1 Å². The summed E-state index contributed by atoms with van der Waals surface area (Å²) in [6.45, 7) is 8.01. The first-order valence-electron chi connectivity index (χ1n) is 8.33. The summed E-state index contributed by atoms with van der Waals surface area (Å²) in [5, 5.41) is 0. The quantitative estimate of drug-likeness (QED) is 0.463. The zero-order valence-electron chi connectivity index (χ0n) is 13.4. The molecule has 0 saturated heterocycles. The number of unbranched alkanes of at least 4 members (excludes halogenated alkanes) is 5. The Kier molecular flexibility index (Phi) is 9.14. The Morgan fingerprint density at radius 2 is 1.45 bits per heavy atom. The van der Waals surface area contributed by atoms with E-state index in [1.165, 1.54) is 63.6 Å². The molecule has 1 aromatic carbocycles. The Morgan fingerprint density at radius 3 is 2.10 bits per heavy atom. The Bertz CT molecular complexity index is 332.